The Kier molecular flexibility index (Phi) is 5.68. The molecule has 0 radical (unpaired) electrons. The van der Waals surface area contributed by atoms with Gasteiger partial charge in [-0.05, 0) is 45.4 Å². The molecule has 0 fully saturated rings. The summed E-state index contributed by atoms with van der Waals surface area (Å²) >= 11 is 4.63. The van der Waals surface area contributed by atoms with Gasteiger partial charge in [-0.2, -0.15) is 0 Å². The van der Waals surface area contributed by atoms with E-state index in [1.54, 1.807) is 30.5 Å². The summed E-state index contributed by atoms with van der Waals surface area (Å²) in [5.41, 5.74) is 0. The van der Waals surface area contributed by atoms with Gasteiger partial charge in [0.25, 0.3) is 5.91 Å². The van der Waals surface area contributed by atoms with Crippen molar-refractivity contribution in [2.75, 3.05) is 5.32 Å². The minimum Gasteiger partial charge on any atom is -0.339 e. The van der Waals surface area contributed by atoms with Crippen molar-refractivity contribution in [3.8, 4) is 0 Å². The fraction of sp³-hybridized carbons (Fsp3) is 0.267. The number of hydrogen-bond acceptors (Lipinski definition) is 4. The summed E-state index contributed by atoms with van der Waals surface area (Å²) in [7, 11) is 0. The molecule has 0 bridgehead atoms. The molecule has 2 amide bonds. The molecular formula is C15H16BrN3O2S. The molecule has 1 atom stereocenters. The molecule has 2 heterocycles. The SMILES string of the molecule is CC(C)C(NC(=O)c1cccs1)C(=O)Nc1ccc(Br)cn1. The molecule has 0 aliphatic rings. The smallest absolute Gasteiger partial charge is 0.262 e. The molecule has 2 N–H and O–H groups in total. The van der Waals surface area contributed by atoms with E-state index >= 15 is 0 Å². The van der Waals surface area contributed by atoms with Gasteiger partial charge >= 0.3 is 0 Å². The first-order valence-corrected chi connectivity index (χ1v) is 8.41. The Morgan fingerprint density at radius 2 is 2.05 bits per heavy atom. The van der Waals surface area contributed by atoms with Crippen LogP contribution in [-0.2, 0) is 4.79 Å². The van der Waals surface area contributed by atoms with Crippen molar-refractivity contribution in [3.05, 3.63) is 45.2 Å². The van der Waals surface area contributed by atoms with Gasteiger partial charge in [-0.3, -0.25) is 9.59 Å². The first kappa shape index (κ1) is 16.6. The van der Waals surface area contributed by atoms with Crippen LogP contribution in [0.5, 0.6) is 0 Å². The first-order chi connectivity index (χ1) is 10.5. The third-order valence-electron chi connectivity index (χ3n) is 2.96. The fourth-order valence-electron chi connectivity index (χ4n) is 1.81. The average Bonchev–Trinajstić information content (AvgIpc) is 3.00. The maximum absolute atomic E-state index is 12.4. The van der Waals surface area contributed by atoms with Gasteiger partial charge < -0.3 is 10.6 Å². The third-order valence-corrected chi connectivity index (χ3v) is 4.30. The molecule has 7 heteroatoms. The van der Waals surface area contributed by atoms with Crippen LogP contribution in [0.3, 0.4) is 0 Å². The lowest BCUT2D eigenvalue weighted by Crippen LogP contribution is -2.47. The molecule has 116 valence electrons. The molecule has 22 heavy (non-hydrogen) atoms. The van der Waals surface area contributed by atoms with Crippen LogP contribution in [0, 0.1) is 5.92 Å². The first-order valence-electron chi connectivity index (χ1n) is 6.74. The van der Waals surface area contributed by atoms with Crippen LogP contribution in [0.1, 0.15) is 23.5 Å². The zero-order chi connectivity index (χ0) is 16.1. The van der Waals surface area contributed by atoms with Gasteiger partial charge in [-0.25, -0.2) is 4.98 Å². The number of pyridine rings is 1. The van der Waals surface area contributed by atoms with Crippen molar-refractivity contribution < 1.29 is 9.59 Å². The summed E-state index contributed by atoms with van der Waals surface area (Å²) in [4.78, 5) is 29.2. The number of nitrogens with one attached hydrogen (secondary N) is 2. The molecule has 0 spiro atoms. The van der Waals surface area contributed by atoms with Gasteiger partial charge in [0, 0.05) is 10.7 Å². The minimum absolute atomic E-state index is 0.0423. The topological polar surface area (TPSA) is 71.1 Å². The number of hydrogen-bond donors (Lipinski definition) is 2. The average molecular weight is 382 g/mol. The van der Waals surface area contributed by atoms with Crippen molar-refractivity contribution in [1.82, 2.24) is 10.3 Å². The highest BCUT2D eigenvalue weighted by atomic mass is 79.9. The second kappa shape index (κ2) is 7.51. The van der Waals surface area contributed by atoms with Crippen LogP contribution >= 0.6 is 27.3 Å². The van der Waals surface area contributed by atoms with Crippen molar-refractivity contribution >= 4 is 44.9 Å². The van der Waals surface area contributed by atoms with E-state index in [0.29, 0.717) is 10.7 Å². The lowest BCUT2D eigenvalue weighted by Gasteiger charge is -2.21. The predicted octanol–water partition coefficient (Wildman–Crippen LogP) is 3.30. The number of aromatic nitrogens is 1. The van der Waals surface area contributed by atoms with Gasteiger partial charge in [0.1, 0.15) is 11.9 Å². The van der Waals surface area contributed by atoms with E-state index in [-0.39, 0.29) is 17.7 Å². The molecule has 5 nitrogen and oxygen atoms in total. The third kappa shape index (κ3) is 4.38. The number of thiophene rings is 1. The second-order valence-corrected chi connectivity index (χ2v) is 6.89. The van der Waals surface area contributed by atoms with Crippen LogP contribution in [0.4, 0.5) is 5.82 Å². The Labute approximate surface area is 141 Å². The van der Waals surface area contributed by atoms with Crippen LogP contribution in [0.25, 0.3) is 0 Å². The summed E-state index contributed by atoms with van der Waals surface area (Å²) in [5, 5.41) is 7.32. The summed E-state index contributed by atoms with van der Waals surface area (Å²) in [6, 6.07) is 6.39. The lowest BCUT2D eigenvalue weighted by molar-refractivity contribution is -0.118. The quantitative estimate of drug-likeness (QED) is 0.834. The zero-order valence-corrected chi connectivity index (χ0v) is 14.6. The van der Waals surface area contributed by atoms with E-state index < -0.39 is 6.04 Å². The Morgan fingerprint density at radius 3 is 2.59 bits per heavy atom. The number of rotatable bonds is 5. The molecule has 2 rings (SSSR count). The van der Waals surface area contributed by atoms with Crippen molar-refractivity contribution in [3.63, 3.8) is 0 Å². The molecule has 0 saturated carbocycles. The predicted molar refractivity (Wildman–Crippen MR) is 91.0 cm³/mol. The summed E-state index contributed by atoms with van der Waals surface area (Å²) in [6.07, 6.45) is 1.60. The van der Waals surface area contributed by atoms with Crippen LogP contribution in [0.15, 0.2) is 40.3 Å². The molecule has 0 aliphatic heterocycles. The standard InChI is InChI=1S/C15H16BrN3O2S/c1-9(2)13(19-14(20)11-4-3-7-22-11)15(21)18-12-6-5-10(16)8-17-12/h3-9,13H,1-2H3,(H,19,20)(H,17,18,21). The van der Waals surface area contributed by atoms with Crippen LogP contribution < -0.4 is 10.6 Å². The van der Waals surface area contributed by atoms with Gasteiger partial charge in [0.05, 0.1) is 4.88 Å². The number of nitrogens with zero attached hydrogens (tertiary/aromatic N) is 1. The molecule has 0 saturated heterocycles. The maximum Gasteiger partial charge on any atom is 0.262 e. The van der Waals surface area contributed by atoms with Crippen molar-refractivity contribution in [2.45, 2.75) is 19.9 Å². The van der Waals surface area contributed by atoms with E-state index in [1.807, 2.05) is 19.2 Å². The largest absolute Gasteiger partial charge is 0.339 e. The minimum atomic E-state index is -0.625. The number of anilines is 1. The summed E-state index contributed by atoms with van der Waals surface area (Å²) in [5.74, 6) is -0.120. The molecule has 1 unspecified atom stereocenters. The molecule has 0 aliphatic carbocycles. The number of halogens is 1. The van der Waals surface area contributed by atoms with E-state index in [4.69, 9.17) is 0 Å². The van der Waals surface area contributed by atoms with Gasteiger partial charge in [-0.1, -0.05) is 19.9 Å². The maximum atomic E-state index is 12.4. The van der Waals surface area contributed by atoms with E-state index in [0.717, 1.165) is 4.47 Å². The van der Waals surface area contributed by atoms with E-state index in [9.17, 15) is 9.59 Å². The monoisotopic (exact) mass is 381 g/mol. The highest BCUT2D eigenvalue weighted by Gasteiger charge is 2.25. The van der Waals surface area contributed by atoms with Crippen LogP contribution in [0.2, 0.25) is 0 Å². The lowest BCUT2D eigenvalue weighted by atomic mass is 10.0. The Morgan fingerprint density at radius 1 is 1.27 bits per heavy atom. The van der Waals surface area contributed by atoms with Crippen molar-refractivity contribution in [2.24, 2.45) is 5.92 Å². The number of amides is 2. The fourth-order valence-corrected chi connectivity index (χ4v) is 2.67. The Bertz CT molecular complexity index is 641. The summed E-state index contributed by atoms with van der Waals surface area (Å²) < 4.78 is 0.830. The Balaban J connectivity index is 2.05. The molecular weight excluding hydrogens is 366 g/mol. The van der Waals surface area contributed by atoms with E-state index in [2.05, 4.69) is 31.5 Å². The second-order valence-electron chi connectivity index (χ2n) is 5.02. The highest BCUT2D eigenvalue weighted by Crippen LogP contribution is 2.13. The van der Waals surface area contributed by atoms with Crippen molar-refractivity contribution in [1.29, 1.82) is 0 Å². The van der Waals surface area contributed by atoms with Gasteiger partial charge in [0.15, 0.2) is 0 Å². The van der Waals surface area contributed by atoms with E-state index in [1.165, 1.54) is 11.3 Å². The zero-order valence-electron chi connectivity index (χ0n) is 12.2. The number of carbonyl (C=O) groups is 2. The van der Waals surface area contributed by atoms with Gasteiger partial charge in [-0.15, -0.1) is 11.3 Å². The van der Waals surface area contributed by atoms with Crippen LogP contribution in [-0.4, -0.2) is 22.8 Å². The number of carbonyl (C=O) groups excluding carboxylic acids is 2. The Hall–Kier alpha value is -1.73. The molecule has 0 aromatic carbocycles. The molecule has 2 aromatic heterocycles. The van der Waals surface area contributed by atoms with Gasteiger partial charge in [0.2, 0.25) is 5.91 Å². The normalized spacial score (nSPS) is 12.0. The summed E-state index contributed by atoms with van der Waals surface area (Å²) in [6.45, 7) is 3.77. The molecule has 2 aromatic rings. The highest BCUT2D eigenvalue weighted by molar-refractivity contribution is 9.10.